The smallest absolute Gasteiger partial charge is 0.256 e. The summed E-state index contributed by atoms with van der Waals surface area (Å²) in [5.74, 6) is 0.297. The van der Waals surface area contributed by atoms with E-state index in [9.17, 15) is 4.79 Å². The molecule has 0 saturated carbocycles. The van der Waals surface area contributed by atoms with Crippen molar-refractivity contribution in [2.45, 2.75) is 18.4 Å². The number of amides is 1. The van der Waals surface area contributed by atoms with E-state index >= 15 is 0 Å². The summed E-state index contributed by atoms with van der Waals surface area (Å²) in [6.07, 6.45) is 5.19. The predicted octanol–water partition coefficient (Wildman–Crippen LogP) is 3.20. The van der Waals surface area contributed by atoms with Crippen molar-refractivity contribution in [1.82, 2.24) is 14.8 Å². The van der Waals surface area contributed by atoms with Gasteiger partial charge in [0.25, 0.3) is 5.91 Å². The molecule has 0 spiro atoms. The summed E-state index contributed by atoms with van der Waals surface area (Å²) in [5, 5.41) is 2.36. The SMILES string of the molecule is CN1CCO[C@@](Cc2ccccc2)(C(=O)N2CCOC[C@H](Cc3cccc4ccncc34)C2)C1. The maximum absolute atomic E-state index is 14.1. The molecule has 2 atom stereocenters. The number of ether oxygens (including phenoxy) is 2. The first-order valence-corrected chi connectivity index (χ1v) is 12.2. The molecule has 2 aliphatic heterocycles. The summed E-state index contributed by atoms with van der Waals surface area (Å²) in [7, 11) is 2.07. The van der Waals surface area contributed by atoms with Gasteiger partial charge in [-0.3, -0.25) is 9.78 Å². The minimum absolute atomic E-state index is 0.0815. The average Bonchev–Trinajstić information content (AvgIpc) is 3.10. The Labute approximate surface area is 201 Å². The molecule has 2 aromatic carbocycles. The van der Waals surface area contributed by atoms with Gasteiger partial charge >= 0.3 is 0 Å². The molecule has 2 saturated heterocycles. The molecule has 0 N–H and O–H groups in total. The van der Waals surface area contributed by atoms with Gasteiger partial charge < -0.3 is 19.3 Å². The molecule has 3 heterocycles. The first-order chi connectivity index (χ1) is 16.6. The second kappa shape index (κ2) is 10.2. The summed E-state index contributed by atoms with van der Waals surface area (Å²) in [5.41, 5.74) is 1.50. The van der Waals surface area contributed by atoms with Crippen molar-refractivity contribution in [1.29, 1.82) is 0 Å². The Hall–Kier alpha value is -2.80. The molecule has 34 heavy (non-hydrogen) atoms. The van der Waals surface area contributed by atoms with Crippen LogP contribution in [0.25, 0.3) is 10.8 Å². The Morgan fingerprint density at radius 3 is 2.82 bits per heavy atom. The van der Waals surface area contributed by atoms with E-state index in [0.717, 1.165) is 18.5 Å². The van der Waals surface area contributed by atoms with Crippen molar-refractivity contribution in [3.05, 3.63) is 78.1 Å². The lowest BCUT2D eigenvalue weighted by Gasteiger charge is -2.43. The van der Waals surface area contributed by atoms with E-state index < -0.39 is 5.60 Å². The van der Waals surface area contributed by atoms with Crippen LogP contribution in [0.4, 0.5) is 0 Å². The lowest BCUT2D eigenvalue weighted by Crippen LogP contribution is -2.61. The van der Waals surface area contributed by atoms with Crippen LogP contribution in [0, 0.1) is 5.92 Å². The monoisotopic (exact) mass is 459 g/mol. The van der Waals surface area contributed by atoms with Gasteiger partial charge in [0.05, 0.1) is 19.8 Å². The minimum atomic E-state index is -0.868. The molecular weight excluding hydrogens is 426 g/mol. The van der Waals surface area contributed by atoms with Crippen LogP contribution in [-0.4, -0.2) is 79.3 Å². The van der Waals surface area contributed by atoms with Gasteiger partial charge in [0.2, 0.25) is 0 Å². The third kappa shape index (κ3) is 4.99. The predicted molar refractivity (Wildman–Crippen MR) is 133 cm³/mol. The van der Waals surface area contributed by atoms with Crippen molar-refractivity contribution in [3.63, 3.8) is 0 Å². The number of benzene rings is 2. The van der Waals surface area contributed by atoms with Crippen LogP contribution in [-0.2, 0) is 27.1 Å². The van der Waals surface area contributed by atoms with Crippen LogP contribution in [0.15, 0.2) is 67.0 Å². The van der Waals surface area contributed by atoms with Crippen LogP contribution in [0.3, 0.4) is 0 Å². The fourth-order valence-corrected chi connectivity index (χ4v) is 5.34. The number of likely N-dealkylation sites (N-methyl/N-ethyl adjacent to an activating group) is 1. The minimum Gasteiger partial charge on any atom is -0.379 e. The van der Waals surface area contributed by atoms with Crippen molar-refractivity contribution in [3.8, 4) is 0 Å². The van der Waals surface area contributed by atoms with E-state index in [0.29, 0.717) is 45.9 Å². The third-order valence-corrected chi connectivity index (χ3v) is 7.01. The first kappa shape index (κ1) is 23.0. The topological polar surface area (TPSA) is 54.9 Å². The highest BCUT2D eigenvalue weighted by atomic mass is 16.5. The summed E-state index contributed by atoms with van der Waals surface area (Å²) >= 11 is 0. The van der Waals surface area contributed by atoms with E-state index in [4.69, 9.17) is 9.47 Å². The molecule has 0 aliphatic carbocycles. The Morgan fingerprint density at radius 2 is 1.97 bits per heavy atom. The lowest BCUT2D eigenvalue weighted by atomic mass is 9.90. The van der Waals surface area contributed by atoms with Crippen LogP contribution in [0.5, 0.6) is 0 Å². The summed E-state index contributed by atoms with van der Waals surface area (Å²) in [6.45, 7) is 4.45. The molecule has 0 radical (unpaired) electrons. The Kier molecular flexibility index (Phi) is 6.90. The van der Waals surface area contributed by atoms with Gasteiger partial charge in [-0.15, -0.1) is 0 Å². The third-order valence-electron chi connectivity index (χ3n) is 7.01. The molecule has 5 rings (SSSR count). The van der Waals surface area contributed by atoms with E-state index in [1.54, 1.807) is 0 Å². The van der Waals surface area contributed by atoms with E-state index in [2.05, 4.69) is 47.3 Å². The number of rotatable bonds is 5. The standard InChI is InChI=1S/C28H33N3O3/c1-30-12-15-34-28(21-30,17-22-6-3-2-4-7-22)27(32)31-13-14-33-20-23(19-31)16-25-9-5-8-24-10-11-29-18-26(24)25/h2-11,18,23H,12-17,19-21H2,1H3/t23-,28-/m1/s1. The average molecular weight is 460 g/mol. The van der Waals surface area contributed by atoms with E-state index in [-0.39, 0.29) is 11.8 Å². The normalized spacial score (nSPS) is 24.1. The van der Waals surface area contributed by atoms with Gasteiger partial charge in [0.15, 0.2) is 5.60 Å². The van der Waals surface area contributed by atoms with Crippen molar-refractivity contribution in [2.75, 3.05) is 53.0 Å². The molecule has 2 aliphatic rings. The Bertz CT molecular complexity index is 1120. The fraction of sp³-hybridized carbons (Fsp3) is 0.429. The zero-order valence-corrected chi connectivity index (χ0v) is 19.9. The largest absolute Gasteiger partial charge is 0.379 e. The number of hydrogen-bond acceptors (Lipinski definition) is 5. The number of carbonyl (C=O) groups is 1. The van der Waals surface area contributed by atoms with Crippen molar-refractivity contribution >= 4 is 16.7 Å². The van der Waals surface area contributed by atoms with Gasteiger partial charge in [-0.05, 0) is 36.0 Å². The van der Waals surface area contributed by atoms with Crippen LogP contribution in [0.1, 0.15) is 11.1 Å². The number of fused-ring (bicyclic) bond motifs is 1. The quantitative estimate of drug-likeness (QED) is 0.587. The lowest BCUT2D eigenvalue weighted by molar-refractivity contribution is -0.170. The van der Waals surface area contributed by atoms with Crippen LogP contribution < -0.4 is 0 Å². The summed E-state index contributed by atoms with van der Waals surface area (Å²) in [6, 6.07) is 18.6. The maximum atomic E-state index is 14.1. The molecule has 3 aromatic rings. The number of aromatic nitrogens is 1. The number of nitrogens with zero attached hydrogens (tertiary/aromatic N) is 3. The van der Waals surface area contributed by atoms with Gasteiger partial charge in [0.1, 0.15) is 0 Å². The van der Waals surface area contributed by atoms with E-state index in [1.807, 2.05) is 41.6 Å². The molecule has 0 bridgehead atoms. The van der Waals surface area contributed by atoms with Crippen LogP contribution in [0.2, 0.25) is 0 Å². The Balaban J connectivity index is 1.38. The fourth-order valence-electron chi connectivity index (χ4n) is 5.34. The summed E-state index contributed by atoms with van der Waals surface area (Å²) in [4.78, 5) is 22.6. The molecule has 178 valence electrons. The second-order valence-electron chi connectivity index (χ2n) is 9.65. The van der Waals surface area contributed by atoms with Gasteiger partial charge in [-0.2, -0.15) is 0 Å². The molecule has 0 unspecified atom stereocenters. The molecule has 1 amide bonds. The van der Waals surface area contributed by atoms with Crippen molar-refractivity contribution < 1.29 is 14.3 Å². The molecule has 2 fully saturated rings. The van der Waals surface area contributed by atoms with Gasteiger partial charge in [-0.25, -0.2) is 0 Å². The number of hydrogen-bond donors (Lipinski definition) is 0. The number of morpholine rings is 1. The molecule has 1 aromatic heterocycles. The summed E-state index contributed by atoms with van der Waals surface area (Å²) < 4.78 is 12.3. The zero-order chi connectivity index (χ0) is 23.4. The van der Waals surface area contributed by atoms with Gasteiger partial charge in [-0.1, -0.05) is 48.5 Å². The highest BCUT2D eigenvalue weighted by molar-refractivity contribution is 5.86. The number of carbonyl (C=O) groups excluding carboxylic acids is 1. The molecule has 6 nitrogen and oxygen atoms in total. The molecular formula is C28H33N3O3. The van der Waals surface area contributed by atoms with Crippen molar-refractivity contribution in [2.24, 2.45) is 5.92 Å². The number of pyridine rings is 1. The van der Waals surface area contributed by atoms with Crippen LogP contribution >= 0.6 is 0 Å². The Morgan fingerprint density at radius 1 is 1.09 bits per heavy atom. The first-order valence-electron chi connectivity index (χ1n) is 12.2. The zero-order valence-electron chi connectivity index (χ0n) is 19.9. The highest BCUT2D eigenvalue weighted by Crippen LogP contribution is 2.28. The van der Waals surface area contributed by atoms with Gasteiger partial charge in [0, 0.05) is 56.3 Å². The highest BCUT2D eigenvalue weighted by Gasteiger charge is 2.46. The molecule has 6 heteroatoms. The van der Waals surface area contributed by atoms with E-state index in [1.165, 1.54) is 16.3 Å². The second-order valence-corrected chi connectivity index (χ2v) is 9.65. The maximum Gasteiger partial charge on any atom is 0.256 e.